The Morgan fingerprint density at radius 3 is 2.67 bits per heavy atom. The van der Waals surface area contributed by atoms with Crippen LogP contribution in [-0.4, -0.2) is 60.4 Å². The molecule has 30 heavy (non-hydrogen) atoms. The van der Waals surface area contributed by atoms with Gasteiger partial charge in [0.25, 0.3) is 11.5 Å². The van der Waals surface area contributed by atoms with Gasteiger partial charge in [0.05, 0.1) is 19.7 Å². The number of allylic oxidation sites excluding steroid dienone is 1. The predicted octanol–water partition coefficient (Wildman–Crippen LogP) is 2.12. The van der Waals surface area contributed by atoms with Crippen LogP contribution in [0.15, 0.2) is 29.6 Å². The summed E-state index contributed by atoms with van der Waals surface area (Å²) < 4.78 is 12.0. The van der Waals surface area contributed by atoms with Crippen LogP contribution < -0.4 is 20.3 Å². The Morgan fingerprint density at radius 1 is 1.33 bits per heavy atom. The van der Waals surface area contributed by atoms with E-state index in [1.807, 2.05) is 0 Å². The first-order valence-electron chi connectivity index (χ1n) is 10.1. The average molecular weight is 415 g/mol. The number of pyridine rings is 1. The van der Waals surface area contributed by atoms with Crippen LogP contribution in [0.5, 0.6) is 17.2 Å². The Labute approximate surface area is 175 Å². The summed E-state index contributed by atoms with van der Waals surface area (Å²) in [6.07, 6.45) is 3.65. The van der Waals surface area contributed by atoms with Crippen LogP contribution in [0.3, 0.4) is 0 Å². The number of carbonyl (C=O) groups is 1. The first kappa shape index (κ1) is 21.7. The molecule has 0 bridgehead atoms. The first-order chi connectivity index (χ1) is 14.5. The van der Waals surface area contributed by atoms with E-state index in [1.54, 1.807) is 18.2 Å². The van der Waals surface area contributed by atoms with Crippen molar-refractivity contribution in [3.8, 4) is 17.2 Å². The van der Waals surface area contributed by atoms with Crippen molar-refractivity contribution in [1.29, 1.82) is 0 Å². The average Bonchev–Trinajstić information content (AvgIpc) is 3.22. The molecule has 0 saturated carbocycles. The van der Waals surface area contributed by atoms with Crippen LogP contribution >= 0.6 is 0 Å². The zero-order chi connectivity index (χ0) is 21.8. The van der Waals surface area contributed by atoms with E-state index in [1.165, 1.54) is 18.8 Å². The van der Waals surface area contributed by atoms with Crippen LogP contribution in [-0.2, 0) is 6.54 Å². The van der Waals surface area contributed by atoms with Crippen LogP contribution in [0, 0.1) is 0 Å². The van der Waals surface area contributed by atoms with E-state index in [4.69, 9.17) is 9.47 Å². The molecule has 162 valence electrons. The number of benzene rings is 1. The highest BCUT2D eigenvalue weighted by molar-refractivity contribution is 6.03. The van der Waals surface area contributed by atoms with E-state index in [0.717, 1.165) is 25.9 Å². The molecule has 1 aromatic heterocycles. The van der Waals surface area contributed by atoms with E-state index in [9.17, 15) is 14.7 Å². The number of aromatic nitrogens is 1. The lowest BCUT2D eigenvalue weighted by Gasteiger charge is -2.23. The number of hydrogen-bond donors (Lipinski definition) is 2. The summed E-state index contributed by atoms with van der Waals surface area (Å²) in [6, 6.07) is 3.41. The number of amides is 1. The molecule has 2 aromatic rings. The third-order valence-corrected chi connectivity index (χ3v) is 5.69. The highest BCUT2D eigenvalue weighted by Gasteiger charge is 2.27. The third-order valence-electron chi connectivity index (χ3n) is 5.69. The molecule has 1 amide bonds. The maximum absolute atomic E-state index is 13.1. The van der Waals surface area contributed by atoms with Gasteiger partial charge in [-0.15, -0.1) is 6.58 Å². The van der Waals surface area contributed by atoms with Gasteiger partial charge in [0.15, 0.2) is 11.5 Å². The molecule has 1 saturated heterocycles. The molecule has 1 fully saturated rings. The fourth-order valence-corrected chi connectivity index (χ4v) is 4.12. The van der Waals surface area contributed by atoms with E-state index >= 15 is 0 Å². The lowest BCUT2D eigenvalue weighted by atomic mass is 10.1. The summed E-state index contributed by atoms with van der Waals surface area (Å²) in [7, 11) is 2.97. The van der Waals surface area contributed by atoms with Crippen LogP contribution in [0.4, 0.5) is 0 Å². The van der Waals surface area contributed by atoms with Gasteiger partial charge in [-0.1, -0.05) is 13.0 Å². The SMILES string of the molecule is C=CCn1c(=O)c(C(=O)NC[C@H]2CCCN2CC)c(O)c2cc(OC)c(OC)cc21. The van der Waals surface area contributed by atoms with Gasteiger partial charge in [-0.25, -0.2) is 0 Å². The molecular formula is C22H29N3O5. The molecule has 2 N–H and O–H groups in total. The van der Waals surface area contributed by atoms with Crippen molar-refractivity contribution in [3.05, 3.63) is 40.7 Å². The monoisotopic (exact) mass is 415 g/mol. The topological polar surface area (TPSA) is 93.0 Å². The zero-order valence-corrected chi connectivity index (χ0v) is 17.7. The number of likely N-dealkylation sites (tertiary alicyclic amines) is 1. The number of rotatable bonds is 8. The summed E-state index contributed by atoms with van der Waals surface area (Å²) >= 11 is 0. The fourth-order valence-electron chi connectivity index (χ4n) is 4.12. The molecule has 1 aliphatic heterocycles. The number of hydrogen-bond acceptors (Lipinski definition) is 6. The number of nitrogens with one attached hydrogen (secondary N) is 1. The van der Waals surface area contributed by atoms with Crippen molar-refractivity contribution >= 4 is 16.8 Å². The second kappa shape index (κ2) is 9.21. The second-order valence-corrected chi connectivity index (χ2v) is 7.29. The fraction of sp³-hybridized carbons (Fsp3) is 0.455. The van der Waals surface area contributed by atoms with Gasteiger partial charge in [-0.05, 0) is 32.0 Å². The van der Waals surface area contributed by atoms with Gasteiger partial charge < -0.3 is 24.5 Å². The van der Waals surface area contributed by atoms with Crippen molar-refractivity contribution < 1.29 is 19.4 Å². The second-order valence-electron chi connectivity index (χ2n) is 7.29. The highest BCUT2D eigenvalue weighted by Crippen LogP contribution is 2.36. The maximum Gasteiger partial charge on any atom is 0.268 e. The predicted molar refractivity (Wildman–Crippen MR) is 116 cm³/mol. The van der Waals surface area contributed by atoms with Crippen LogP contribution in [0.2, 0.25) is 0 Å². The smallest absolute Gasteiger partial charge is 0.268 e. The number of methoxy groups -OCH3 is 2. The quantitative estimate of drug-likeness (QED) is 0.642. The van der Waals surface area contributed by atoms with Crippen molar-refractivity contribution in [1.82, 2.24) is 14.8 Å². The van der Waals surface area contributed by atoms with Gasteiger partial charge in [0.1, 0.15) is 11.3 Å². The molecule has 1 atom stereocenters. The third kappa shape index (κ3) is 3.87. The van der Waals surface area contributed by atoms with Gasteiger partial charge in [0, 0.05) is 30.6 Å². The molecule has 1 aromatic carbocycles. The normalized spacial score (nSPS) is 16.6. The van der Waals surface area contributed by atoms with Crippen LogP contribution in [0.1, 0.15) is 30.1 Å². The number of aromatic hydroxyl groups is 1. The van der Waals surface area contributed by atoms with E-state index in [-0.39, 0.29) is 23.9 Å². The minimum Gasteiger partial charge on any atom is -0.506 e. The summed E-state index contributed by atoms with van der Waals surface area (Å²) in [5, 5.41) is 14.0. The minimum absolute atomic E-state index is 0.178. The summed E-state index contributed by atoms with van der Waals surface area (Å²) in [5.74, 6) is -0.151. The van der Waals surface area contributed by atoms with Crippen molar-refractivity contribution in [2.45, 2.75) is 32.4 Å². The molecule has 3 rings (SSSR count). The molecule has 1 aliphatic rings. The van der Waals surface area contributed by atoms with Crippen LogP contribution in [0.25, 0.3) is 10.9 Å². The Morgan fingerprint density at radius 2 is 2.03 bits per heavy atom. The van der Waals surface area contributed by atoms with Gasteiger partial charge >= 0.3 is 0 Å². The molecule has 0 aliphatic carbocycles. The number of ether oxygens (including phenoxy) is 2. The summed E-state index contributed by atoms with van der Waals surface area (Å²) in [6.45, 7) is 8.31. The Kier molecular flexibility index (Phi) is 6.66. The number of likely N-dealkylation sites (N-methyl/N-ethyl adjacent to an activating group) is 1. The molecule has 0 spiro atoms. The van der Waals surface area contributed by atoms with Crippen molar-refractivity contribution in [2.24, 2.45) is 0 Å². The number of carbonyl (C=O) groups excluding carboxylic acids is 1. The molecule has 0 radical (unpaired) electrons. The Hall–Kier alpha value is -3.00. The van der Waals surface area contributed by atoms with Crippen molar-refractivity contribution in [3.63, 3.8) is 0 Å². The molecule has 8 heteroatoms. The largest absolute Gasteiger partial charge is 0.506 e. The highest BCUT2D eigenvalue weighted by atomic mass is 16.5. The summed E-state index contributed by atoms with van der Waals surface area (Å²) in [5.41, 5.74) is -0.430. The standard InChI is InChI=1S/C22H29N3O5/c1-5-9-25-16-12-18(30-4)17(29-3)11-15(16)20(26)19(22(25)28)21(27)23-13-14-8-7-10-24(14)6-2/h5,11-12,14,26H,1,6-10,13H2,2-4H3,(H,23,27)/t14-/m1/s1. The van der Waals surface area contributed by atoms with E-state index < -0.39 is 11.5 Å². The van der Waals surface area contributed by atoms with Gasteiger partial charge in [0.2, 0.25) is 0 Å². The summed E-state index contributed by atoms with van der Waals surface area (Å²) in [4.78, 5) is 28.3. The Balaban J connectivity index is 2.06. The minimum atomic E-state index is -0.588. The Bertz CT molecular complexity index is 1010. The van der Waals surface area contributed by atoms with Gasteiger partial charge in [-0.3, -0.25) is 14.5 Å². The molecule has 2 heterocycles. The van der Waals surface area contributed by atoms with E-state index in [2.05, 4.69) is 23.7 Å². The zero-order valence-electron chi connectivity index (χ0n) is 17.7. The first-order valence-corrected chi connectivity index (χ1v) is 10.1. The molecule has 8 nitrogen and oxygen atoms in total. The number of nitrogens with zero attached hydrogens (tertiary/aromatic N) is 2. The lowest BCUT2D eigenvalue weighted by Crippen LogP contribution is -2.41. The lowest BCUT2D eigenvalue weighted by molar-refractivity contribution is 0.0937. The maximum atomic E-state index is 13.1. The van der Waals surface area contributed by atoms with E-state index in [0.29, 0.717) is 28.9 Å². The molecular weight excluding hydrogens is 386 g/mol. The molecule has 0 unspecified atom stereocenters. The number of fused-ring (bicyclic) bond motifs is 1. The van der Waals surface area contributed by atoms with Crippen molar-refractivity contribution in [2.75, 3.05) is 33.9 Å². The van der Waals surface area contributed by atoms with Gasteiger partial charge in [-0.2, -0.15) is 0 Å².